The first-order chi connectivity index (χ1) is 17.2. The molecule has 3 aromatic heterocycles. The highest BCUT2D eigenvalue weighted by atomic mass is 19.4. The molecule has 4 heterocycles. The zero-order chi connectivity index (χ0) is 25.3. The lowest BCUT2D eigenvalue weighted by atomic mass is 9.85. The van der Waals surface area contributed by atoms with E-state index in [0.29, 0.717) is 16.9 Å². The van der Waals surface area contributed by atoms with Gasteiger partial charge in [0.25, 0.3) is 0 Å². The number of ether oxygens (including phenoxy) is 1. The number of fused-ring (bicyclic) bond motifs is 1. The second-order valence-corrected chi connectivity index (χ2v) is 9.62. The number of nitrogens with zero attached hydrogens (tertiary/aromatic N) is 4. The number of H-pyrrole nitrogens is 1. The zero-order valence-corrected chi connectivity index (χ0v) is 19.7. The number of hydrogen-bond donors (Lipinski definition) is 2. The Balaban J connectivity index is 1.14. The van der Waals surface area contributed by atoms with Crippen molar-refractivity contribution in [2.75, 3.05) is 18.0 Å². The van der Waals surface area contributed by atoms with Crippen molar-refractivity contribution >= 4 is 23.0 Å². The second kappa shape index (κ2) is 10.0. The second-order valence-electron chi connectivity index (χ2n) is 9.62. The molecule has 1 aliphatic carbocycles. The normalized spacial score (nSPS) is 21.7. The van der Waals surface area contributed by atoms with Crippen molar-refractivity contribution in [2.45, 2.75) is 63.3 Å². The fourth-order valence-electron chi connectivity index (χ4n) is 5.11. The van der Waals surface area contributed by atoms with Crippen molar-refractivity contribution in [3.63, 3.8) is 0 Å². The number of aromatic nitrogens is 4. The van der Waals surface area contributed by atoms with Crippen LogP contribution in [0.25, 0.3) is 22.6 Å². The molecule has 2 N–H and O–H groups in total. The molecule has 8 nitrogen and oxygen atoms in total. The third kappa shape index (κ3) is 5.61. The van der Waals surface area contributed by atoms with Crippen LogP contribution in [0.4, 0.5) is 19.0 Å². The molecule has 0 atom stereocenters. The van der Waals surface area contributed by atoms with Crippen LogP contribution >= 0.6 is 0 Å². The first-order valence-electron chi connectivity index (χ1n) is 12.3. The van der Waals surface area contributed by atoms with Crippen LogP contribution < -0.4 is 4.90 Å². The maximum absolute atomic E-state index is 12.9. The third-order valence-electron chi connectivity index (χ3n) is 7.07. The number of carboxylic acid groups (broad SMARTS) is 1. The monoisotopic (exact) mass is 503 g/mol. The molecule has 0 amide bonds. The smallest absolute Gasteiger partial charge is 0.433 e. The van der Waals surface area contributed by atoms with E-state index in [0.717, 1.165) is 63.5 Å². The average Bonchev–Trinajstić information content (AvgIpc) is 3.29. The van der Waals surface area contributed by atoms with Crippen LogP contribution in [0.15, 0.2) is 30.5 Å². The maximum atomic E-state index is 12.9. The molecule has 36 heavy (non-hydrogen) atoms. The Hall–Kier alpha value is -3.21. The van der Waals surface area contributed by atoms with Gasteiger partial charge in [-0.2, -0.15) is 13.2 Å². The summed E-state index contributed by atoms with van der Waals surface area (Å²) >= 11 is 0. The van der Waals surface area contributed by atoms with Crippen molar-refractivity contribution in [3.05, 3.63) is 36.2 Å². The zero-order valence-electron chi connectivity index (χ0n) is 19.7. The maximum Gasteiger partial charge on any atom is 0.433 e. The fraction of sp³-hybridized carbons (Fsp3) is 0.520. The number of halogens is 3. The number of alkyl halides is 3. The Labute approximate surface area is 205 Å². The number of rotatable bonds is 6. The lowest BCUT2D eigenvalue weighted by Crippen LogP contribution is -2.39. The standard InChI is InChI=1S/C25H28F3N5O3/c26-25(27,28)20-7-6-19-24(31-20)32-23(30-19)16-3-8-21(29-14-16)33-11-9-18(10-12-33)36-17-4-1-15(2-5-17)13-22(34)35/h3,6-8,14-15,17-18H,1-2,4-5,9-13H2,(H,34,35)(H,30,31,32). The fourth-order valence-corrected chi connectivity index (χ4v) is 5.11. The number of carboxylic acids is 1. The van der Waals surface area contributed by atoms with E-state index in [1.165, 1.54) is 6.07 Å². The quantitative estimate of drug-likeness (QED) is 0.485. The van der Waals surface area contributed by atoms with Crippen molar-refractivity contribution in [3.8, 4) is 11.4 Å². The number of aliphatic carboxylic acids is 1. The van der Waals surface area contributed by atoms with Gasteiger partial charge in [-0.1, -0.05) is 0 Å². The van der Waals surface area contributed by atoms with Crippen LogP contribution in [0.1, 0.15) is 50.6 Å². The van der Waals surface area contributed by atoms with Gasteiger partial charge in [0, 0.05) is 31.3 Å². The average molecular weight is 504 g/mol. The molecule has 2 fully saturated rings. The van der Waals surface area contributed by atoms with Gasteiger partial charge in [0.2, 0.25) is 0 Å². The van der Waals surface area contributed by atoms with E-state index < -0.39 is 17.8 Å². The van der Waals surface area contributed by atoms with Gasteiger partial charge in [-0.3, -0.25) is 4.79 Å². The molecule has 5 rings (SSSR count). The summed E-state index contributed by atoms with van der Waals surface area (Å²) in [6.07, 6.45) is 3.29. The predicted octanol–water partition coefficient (Wildman–Crippen LogP) is 5.06. The van der Waals surface area contributed by atoms with Crippen molar-refractivity contribution in [1.29, 1.82) is 0 Å². The van der Waals surface area contributed by atoms with Crippen LogP contribution in [0, 0.1) is 5.92 Å². The van der Waals surface area contributed by atoms with Gasteiger partial charge in [-0.25, -0.2) is 15.0 Å². The summed E-state index contributed by atoms with van der Waals surface area (Å²) in [6.45, 7) is 1.64. The highest BCUT2D eigenvalue weighted by Crippen LogP contribution is 2.32. The minimum Gasteiger partial charge on any atom is -0.481 e. The molecule has 1 aliphatic heterocycles. The first kappa shape index (κ1) is 24.5. The van der Waals surface area contributed by atoms with Crippen LogP contribution in [0.5, 0.6) is 0 Å². The molecule has 192 valence electrons. The number of pyridine rings is 2. The molecule has 1 saturated heterocycles. The molecule has 0 unspecified atom stereocenters. The Morgan fingerprint density at radius 2 is 1.75 bits per heavy atom. The highest BCUT2D eigenvalue weighted by molar-refractivity contribution is 5.76. The van der Waals surface area contributed by atoms with Crippen LogP contribution in [0.3, 0.4) is 0 Å². The summed E-state index contributed by atoms with van der Waals surface area (Å²) in [5.74, 6) is 0.801. The molecule has 0 aromatic carbocycles. The van der Waals surface area contributed by atoms with Crippen LogP contribution in [-0.4, -0.2) is 56.3 Å². The molecule has 0 radical (unpaired) electrons. The predicted molar refractivity (Wildman–Crippen MR) is 126 cm³/mol. The van der Waals surface area contributed by atoms with Gasteiger partial charge in [0.05, 0.1) is 17.7 Å². The van der Waals surface area contributed by atoms with Crippen molar-refractivity contribution in [2.24, 2.45) is 5.92 Å². The number of nitrogens with one attached hydrogen (secondary N) is 1. The Bertz CT molecular complexity index is 1200. The number of piperidine rings is 1. The molecule has 2 aliphatic rings. The van der Waals surface area contributed by atoms with E-state index in [1.807, 2.05) is 12.1 Å². The number of carbonyl (C=O) groups is 1. The minimum atomic E-state index is -4.52. The van der Waals surface area contributed by atoms with Gasteiger partial charge in [-0.05, 0) is 68.7 Å². The molecular formula is C25H28F3N5O3. The van der Waals surface area contributed by atoms with Crippen LogP contribution in [-0.2, 0) is 15.7 Å². The topological polar surface area (TPSA) is 104 Å². The molecular weight excluding hydrogens is 475 g/mol. The summed E-state index contributed by atoms with van der Waals surface area (Å²) in [4.78, 5) is 28.5. The van der Waals surface area contributed by atoms with Gasteiger partial charge >= 0.3 is 12.1 Å². The van der Waals surface area contributed by atoms with E-state index in [2.05, 4.69) is 24.8 Å². The number of anilines is 1. The van der Waals surface area contributed by atoms with Crippen molar-refractivity contribution < 1.29 is 27.8 Å². The lowest BCUT2D eigenvalue weighted by Gasteiger charge is -2.36. The summed E-state index contributed by atoms with van der Waals surface area (Å²) in [6, 6.07) is 6.01. The lowest BCUT2D eigenvalue weighted by molar-refractivity contribution is -0.141. The summed E-state index contributed by atoms with van der Waals surface area (Å²) in [5.41, 5.74) is 0.141. The third-order valence-corrected chi connectivity index (χ3v) is 7.07. The Morgan fingerprint density at radius 1 is 1.03 bits per heavy atom. The van der Waals surface area contributed by atoms with Gasteiger partial charge in [-0.15, -0.1) is 0 Å². The minimum absolute atomic E-state index is 0.0151. The van der Waals surface area contributed by atoms with Gasteiger partial charge in [0.15, 0.2) is 5.65 Å². The highest BCUT2D eigenvalue weighted by Gasteiger charge is 2.33. The summed E-state index contributed by atoms with van der Waals surface area (Å²) < 4.78 is 45.1. The molecule has 0 spiro atoms. The van der Waals surface area contributed by atoms with E-state index in [9.17, 15) is 18.0 Å². The molecule has 3 aromatic rings. The van der Waals surface area contributed by atoms with Crippen molar-refractivity contribution in [1.82, 2.24) is 19.9 Å². The van der Waals surface area contributed by atoms with Crippen LogP contribution in [0.2, 0.25) is 0 Å². The van der Waals surface area contributed by atoms with E-state index in [4.69, 9.17) is 9.84 Å². The SMILES string of the molecule is O=C(O)CC1CCC(OC2CCN(c3ccc(-c4nc5nc(C(F)(F)F)ccc5[nH]4)cn3)CC2)CC1. The Kier molecular flexibility index (Phi) is 6.83. The first-order valence-corrected chi connectivity index (χ1v) is 12.3. The number of hydrogen-bond acceptors (Lipinski definition) is 6. The molecule has 1 saturated carbocycles. The molecule has 11 heteroatoms. The van der Waals surface area contributed by atoms with E-state index in [1.54, 1.807) is 6.20 Å². The number of aromatic amines is 1. The largest absolute Gasteiger partial charge is 0.481 e. The Morgan fingerprint density at radius 3 is 2.39 bits per heavy atom. The van der Waals surface area contributed by atoms with Gasteiger partial charge in [0.1, 0.15) is 17.3 Å². The number of imidazole rings is 1. The summed E-state index contributed by atoms with van der Waals surface area (Å²) in [5, 5.41) is 8.97. The van der Waals surface area contributed by atoms with E-state index in [-0.39, 0.29) is 30.2 Å². The summed E-state index contributed by atoms with van der Waals surface area (Å²) in [7, 11) is 0. The van der Waals surface area contributed by atoms with E-state index >= 15 is 0 Å². The van der Waals surface area contributed by atoms with Gasteiger partial charge < -0.3 is 19.7 Å². The molecule has 0 bridgehead atoms.